The molecule has 23 heavy (non-hydrogen) atoms. The fraction of sp³-hybridized carbons (Fsp3) is 0.267. The van der Waals surface area contributed by atoms with Gasteiger partial charge in [-0.25, -0.2) is 4.98 Å². The van der Waals surface area contributed by atoms with E-state index in [0.29, 0.717) is 17.4 Å². The monoisotopic (exact) mass is 345 g/mol. The molecule has 4 rings (SSSR count). The number of hydrogen-bond donors (Lipinski definition) is 3. The van der Waals surface area contributed by atoms with Gasteiger partial charge < -0.3 is 5.32 Å². The maximum absolute atomic E-state index is 12.4. The summed E-state index contributed by atoms with van der Waals surface area (Å²) in [4.78, 5) is 19.3. The lowest BCUT2D eigenvalue weighted by atomic mass is 10.1. The van der Waals surface area contributed by atoms with Crippen LogP contribution in [0.4, 0.5) is 5.13 Å². The van der Waals surface area contributed by atoms with Gasteiger partial charge in [-0.1, -0.05) is 0 Å². The Kier molecular flexibility index (Phi) is 3.72. The highest BCUT2D eigenvalue weighted by Gasteiger charge is 2.22. The van der Waals surface area contributed by atoms with Crippen LogP contribution in [-0.2, 0) is 13.0 Å². The van der Waals surface area contributed by atoms with E-state index in [1.165, 1.54) is 16.2 Å². The van der Waals surface area contributed by atoms with Gasteiger partial charge >= 0.3 is 0 Å². The first-order valence-electron chi connectivity index (χ1n) is 7.31. The van der Waals surface area contributed by atoms with E-state index in [-0.39, 0.29) is 5.91 Å². The van der Waals surface area contributed by atoms with Crippen molar-refractivity contribution in [3.05, 3.63) is 39.3 Å². The Bertz CT molecular complexity index is 863. The zero-order valence-corrected chi connectivity index (χ0v) is 14.1. The van der Waals surface area contributed by atoms with E-state index in [1.54, 1.807) is 11.3 Å². The predicted octanol–water partition coefficient (Wildman–Crippen LogP) is 2.80. The molecule has 1 aliphatic heterocycles. The van der Waals surface area contributed by atoms with Crippen LogP contribution in [0.5, 0.6) is 0 Å². The summed E-state index contributed by atoms with van der Waals surface area (Å²) in [5.74, 6) is -0.213. The summed E-state index contributed by atoms with van der Waals surface area (Å²) in [6.07, 6.45) is 0.870. The Morgan fingerprint density at radius 1 is 1.39 bits per heavy atom. The number of thiazole rings is 1. The second-order valence-corrected chi connectivity index (χ2v) is 7.50. The van der Waals surface area contributed by atoms with Crippen molar-refractivity contribution in [1.82, 2.24) is 20.5 Å². The lowest BCUT2D eigenvalue weighted by Gasteiger charge is -2.12. The van der Waals surface area contributed by atoms with Gasteiger partial charge in [0.1, 0.15) is 0 Å². The molecule has 1 aliphatic rings. The van der Waals surface area contributed by atoms with E-state index in [4.69, 9.17) is 0 Å². The third-order valence-corrected chi connectivity index (χ3v) is 5.52. The summed E-state index contributed by atoms with van der Waals surface area (Å²) >= 11 is 3.12. The molecule has 4 heterocycles. The molecule has 0 saturated carbocycles. The standard InChI is InChI=1S/C15H15N5OS2/c1-8-2-3-12(23-8)11-7-22-15(17-11)18-14(21)13-9-6-16-5-4-10(9)19-20-13/h2-3,7,16H,4-6H2,1H3,(H,19,20)(H,17,18,21). The SMILES string of the molecule is Cc1ccc(-c2csc(NC(=O)c3n[nH]c4c3CNCC4)n2)s1. The largest absolute Gasteiger partial charge is 0.312 e. The van der Waals surface area contributed by atoms with Crippen molar-refractivity contribution in [2.45, 2.75) is 19.9 Å². The molecular formula is C15H15N5OS2. The molecule has 0 atom stereocenters. The number of H-pyrrole nitrogens is 1. The van der Waals surface area contributed by atoms with Crippen LogP contribution in [0.3, 0.4) is 0 Å². The molecule has 1 amide bonds. The first-order chi connectivity index (χ1) is 11.2. The Balaban J connectivity index is 1.53. The number of fused-ring (bicyclic) bond motifs is 1. The van der Waals surface area contributed by atoms with Crippen LogP contribution in [0.25, 0.3) is 10.6 Å². The number of hydrogen-bond acceptors (Lipinski definition) is 6. The molecule has 8 heteroatoms. The van der Waals surface area contributed by atoms with Gasteiger partial charge in [0.2, 0.25) is 0 Å². The van der Waals surface area contributed by atoms with Gasteiger partial charge in [-0.15, -0.1) is 22.7 Å². The van der Waals surface area contributed by atoms with Crippen molar-refractivity contribution < 1.29 is 4.79 Å². The maximum Gasteiger partial charge on any atom is 0.278 e. The third-order valence-electron chi connectivity index (χ3n) is 3.74. The highest BCUT2D eigenvalue weighted by molar-refractivity contribution is 7.17. The van der Waals surface area contributed by atoms with E-state index < -0.39 is 0 Å². The summed E-state index contributed by atoms with van der Waals surface area (Å²) in [6, 6.07) is 4.12. The highest BCUT2D eigenvalue weighted by atomic mass is 32.1. The number of aromatic amines is 1. The third kappa shape index (κ3) is 2.80. The van der Waals surface area contributed by atoms with E-state index in [2.05, 4.69) is 44.9 Å². The minimum Gasteiger partial charge on any atom is -0.312 e. The normalized spacial score (nSPS) is 13.8. The van der Waals surface area contributed by atoms with Crippen LogP contribution in [0.1, 0.15) is 26.6 Å². The molecule has 3 N–H and O–H groups in total. The average molecular weight is 345 g/mol. The quantitative estimate of drug-likeness (QED) is 0.682. The molecule has 6 nitrogen and oxygen atoms in total. The summed E-state index contributed by atoms with van der Waals surface area (Å²) < 4.78 is 0. The fourth-order valence-corrected chi connectivity index (χ4v) is 4.19. The predicted molar refractivity (Wildman–Crippen MR) is 92.1 cm³/mol. The van der Waals surface area contributed by atoms with Crippen LogP contribution in [0, 0.1) is 6.92 Å². The number of rotatable bonds is 3. The van der Waals surface area contributed by atoms with Crippen molar-refractivity contribution in [2.75, 3.05) is 11.9 Å². The van der Waals surface area contributed by atoms with Crippen molar-refractivity contribution in [2.24, 2.45) is 0 Å². The first kappa shape index (κ1) is 14.6. The van der Waals surface area contributed by atoms with Gasteiger partial charge in [-0.2, -0.15) is 5.10 Å². The van der Waals surface area contributed by atoms with Crippen LogP contribution in [0.15, 0.2) is 17.5 Å². The molecule has 0 spiro atoms. The van der Waals surface area contributed by atoms with Crippen LogP contribution in [0.2, 0.25) is 0 Å². The minimum absolute atomic E-state index is 0.213. The molecule has 0 unspecified atom stereocenters. The number of carbonyl (C=O) groups is 1. The van der Waals surface area contributed by atoms with Gasteiger partial charge in [-0.05, 0) is 19.1 Å². The molecule has 0 aromatic carbocycles. The summed E-state index contributed by atoms with van der Waals surface area (Å²) in [5.41, 5.74) is 3.35. The number of nitrogens with one attached hydrogen (secondary N) is 3. The number of carbonyl (C=O) groups excluding carboxylic acids is 1. The van der Waals surface area contributed by atoms with Crippen LogP contribution in [-0.4, -0.2) is 27.6 Å². The zero-order chi connectivity index (χ0) is 15.8. The van der Waals surface area contributed by atoms with Gasteiger partial charge in [0.05, 0.1) is 10.6 Å². The average Bonchev–Trinajstić information content (AvgIpc) is 3.25. The molecule has 0 fully saturated rings. The molecule has 0 aliphatic carbocycles. The number of nitrogens with zero attached hydrogens (tertiary/aromatic N) is 2. The molecule has 0 saturated heterocycles. The Morgan fingerprint density at radius 2 is 2.30 bits per heavy atom. The van der Waals surface area contributed by atoms with Gasteiger partial charge in [0.15, 0.2) is 10.8 Å². The number of aryl methyl sites for hydroxylation is 1. The van der Waals surface area contributed by atoms with Gasteiger partial charge in [-0.3, -0.25) is 15.2 Å². The molecule has 3 aromatic rings. The molecule has 118 valence electrons. The van der Waals surface area contributed by atoms with Crippen molar-refractivity contribution in [1.29, 1.82) is 0 Å². The van der Waals surface area contributed by atoms with E-state index in [1.807, 2.05) is 5.38 Å². The molecular weight excluding hydrogens is 330 g/mol. The molecule has 0 bridgehead atoms. The lowest BCUT2D eigenvalue weighted by Crippen LogP contribution is -2.25. The summed E-state index contributed by atoms with van der Waals surface area (Å²) in [6.45, 7) is 3.65. The van der Waals surface area contributed by atoms with Crippen LogP contribution >= 0.6 is 22.7 Å². The Hall–Kier alpha value is -2.03. The number of anilines is 1. The van der Waals surface area contributed by atoms with Crippen LogP contribution < -0.4 is 10.6 Å². The van der Waals surface area contributed by atoms with Crippen molar-refractivity contribution >= 4 is 33.7 Å². The molecule has 3 aromatic heterocycles. The minimum atomic E-state index is -0.213. The van der Waals surface area contributed by atoms with E-state index in [0.717, 1.165) is 34.8 Å². The second-order valence-electron chi connectivity index (χ2n) is 5.36. The van der Waals surface area contributed by atoms with E-state index in [9.17, 15) is 4.79 Å². The number of thiophene rings is 1. The number of aromatic nitrogens is 3. The Morgan fingerprint density at radius 3 is 3.13 bits per heavy atom. The highest BCUT2D eigenvalue weighted by Crippen LogP contribution is 2.30. The summed E-state index contributed by atoms with van der Waals surface area (Å²) in [7, 11) is 0. The first-order valence-corrected chi connectivity index (χ1v) is 9.01. The zero-order valence-electron chi connectivity index (χ0n) is 12.5. The number of amides is 1. The van der Waals surface area contributed by atoms with E-state index >= 15 is 0 Å². The molecule has 0 radical (unpaired) electrons. The Labute approximate surface area is 141 Å². The smallest absolute Gasteiger partial charge is 0.278 e. The summed E-state index contributed by atoms with van der Waals surface area (Å²) in [5, 5.41) is 15.8. The lowest BCUT2D eigenvalue weighted by molar-refractivity contribution is 0.102. The fourth-order valence-electron chi connectivity index (χ4n) is 2.59. The second kappa shape index (κ2) is 5.88. The topological polar surface area (TPSA) is 82.7 Å². The van der Waals surface area contributed by atoms with Crippen molar-refractivity contribution in [3.63, 3.8) is 0 Å². The maximum atomic E-state index is 12.4. The van der Waals surface area contributed by atoms with Crippen molar-refractivity contribution in [3.8, 4) is 10.6 Å². The van der Waals surface area contributed by atoms with Gasteiger partial charge in [0.25, 0.3) is 5.91 Å². The van der Waals surface area contributed by atoms with Gasteiger partial charge in [0, 0.05) is 41.0 Å².